The van der Waals surface area contributed by atoms with Crippen LogP contribution >= 0.6 is 12.2 Å². The number of para-hydroxylation sites is 1. The van der Waals surface area contributed by atoms with Crippen molar-refractivity contribution in [1.82, 2.24) is 5.32 Å². The van der Waals surface area contributed by atoms with Crippen molar-refractivity contribution >= 4 is 46.6 Å². The zero-order valence-corrected chi connectivity index (χ0v) is 21.0. The highest BCUT2D eigenvalue weighted by Crippen LogP contribution is 2.44. The first-order chi connectivity index (χ1) is 15.5. The summed E-state index contributed by atoms with van der Waals surface area (Å²) in [5, 5.41) is 2.80. The smallest absolute Gasteiger partial charge is 0.270 e. The summed E-state index contributed by atoms with van der Waals surface area (Å²) in [4.78, 5) is 30.1. The molecule has 0 aliphatic carbocycles. The third-order valence-electron chi connectivity index (χ3n) is 6.85. The molecule has 0 radical (unpaired) electrons. The summed E-state index contributed by atoms with van der Waals surface area (Å²) >= 11 is 5.35. The molecular weight excluding hydrogens is 430 g/mol. The van der Waals surface area contributed by atoms with Crippen LogP contribution in [0.1, 0.15) is 62.3 Å². The van der Waals surface area contributed by atoms with Gasteiger partial charge in [0.2, 0.25) is 0 Å². The number of fused-ring (bicyclic) bond motifs is 1. The van der Waals surface area contributed by atoms with Gasteiger partial charge in [-0.25, -0.2) is 0 Å². The van der Waals surface area contributed by atoms with Crippen LogP contribution in [0.25, 0.3) is 6.08 Å². The second kappa shape index (κ2) is 8.41. The van der Waals surface area contributed by atoms with Crippen molar-refractivity contribution in [3.63, 3.8) is 0 Å². The van der Waals surface area contributed by atoms with Crippen LogP contribution in [-0.2, 0) is 9.59 Å². The van der Waals surface area contributed by atoms with E-state index < -0.39 is 11.8 Å². The van der Waals surface area contributed by atoms with Crippen LogP contribution in [0.5, 0.6) is 0 Å². The van der Waals surface area contributed by atoms with Gasteiger partial charge in [-0.1, -0.05) is 25.1 Å². The Morgan fingerprint density at radius 1 is 1.12 bits per heavy atom. The molecule has 1 atom stereocenters. The quantitative estimate of drug-likeness (QED) is 0.386. The minimum atomic E-state index is -0.462. The highest BCUT2D eigenvalue weighted by molar-refractivity contribution is 7.80. The Morgan fingerprint density at radius 2 is 1.82 bits per heavy atom. The second-order valence-electron chi connectivity index (χ2n) is 9.67. The van der Waals surface area contributed by atoms with Crippen molar-refractivity contribution in [2.24, 2.45) is 0 Å². The van der Waals surface area contributed by atoms with Crippen molar-refractivity contribution in [3.8, 4) is 0 Å². The van der Waals surface area contributed by atoms with Crippen LogP contribution in [0, 0.1) is 13.8 Å². The van der Waals surface area contributed by atoms with Crippen LogP contribution in [-0.4, -0.2) is 29.0 Å². The van der Waals surface area contributed by atoms with Gasteiger partial charge < -0.3 is 4.90 Å². The molecular formula is C27H31N3O2S. The second-order valence-corrected chi connectivity index (χ2v) is 10.1. The zero-order valence-electron chi connectivity index (χ0n) is 20.2. The van der Waals surface area contributed by atoms with Gasteiger partial charge in [0.1, 0.15) is 5.57 Å². The Balaban J connectivity index is 1.79. The summed E-state index contributed by atoms with van der Waals surface area (Å²) < 4.78 is 0. The molecule has 0 unspecified atom stereocenters. The van der Waals surface area contributed by atoms with Gasteiger partial charge in [0, 0.05) is 17.8 Å². The predicted octanol–water partition coefficient (Wildman–Crippen LogP) is 5.25. The molecule has 1 N–H and O–H groups in total. The summed E-state index contributed by atoms with van der Waals surface area (Å²) in [7, 11) is 0. The SMILES string of the molecule is CCN1c2cc(C)c(/C=C3\C(=O)NC(=S)N(c4ccccc4C)C3=O)cc2[C@@H](C)CC1(C)C. The van der Waals surface area contributed by atoms with E-state index in [-0.39, 0.29) is 16.2 Å². The maximum Gasteiger partial charge on any atom is 0.270 e. The van der Waals surface area contributed by atoms with Gasteiger partial charge in [0.25, 0.3) is 11.8 Å². The molecule has 0 saturated carbocycles. The molecule has 2 heterocycles. The van der Waals surface area contributed by atoms with E-state index in [1.165, 1.54) is 16.2 Å². The number of aryl methyl sites for hydroxylation is 2. The molecule has 0 aromatic heterocycles. The molecule has 2 aromatic rings. The van der Waals surface area contributed by atoms with Gasteiger partial charge in [-0.15, -0.1) is 0 Å². The van der Waals surface area contributed by atoms with Crippen LogP contribution in [0.3, 0.4) is 0 Å². The minimum Gasteiger partial charge on any atom is -0.366 e. The summed E-state index contributed by atoms with van der Waals surface area (Å²) in [5.41, 5.74) is 6.15. The number of carbonyl (C=O) groups is 2. The Bertz CT molecular complexity index is 1200. The van der Waals surface area contributed by atoms with Gasteiger partial charge in [0.05, 0.1) is 5.69 Å². The first-order valence-corrected chi connectivity index (χ1v) is 11.8. The molecule has 4 rings (SSSR count). The molecule has 6 heteroatoms. The third kappa shape index (κ3) is 3.97. The Kier molecular flexibility index (Phi) is 5.91. The summed E-state index contributed by atoms with van der Waals surface area (Å²) in [6.45, 7) is 13.9. The Labute approximate surface area is 201 Å². The topological polar surface area (TPSA) is 52.7 Å². The van der Waals surface area contributed by atoms with Gasteiger partial charge in [-0.2, -0.15) is 0 Å². The molecule has 5 nitrogen and oxygen atoms in total. The lowest BCUT2D eigenvalue weighted by Crippen LogP contribution is -2.54. The summed E-state index contributed by atoms with van der Waals surface area (Å²) in [6, 6.07) is 11.9. The molecule has 2 aromatic carbocycles. The first kappa shape index (κ1) is 23.2. The lowest BCUT2D eigenvalue weighted by molar-refractivity contribution is -0.122. The van der Waals surface area contributed by atoms with Gasteiger partial charge in [-0.05, 0) is 106 Å². The number of carbonyl (C=O) groups excluding carboxylic acids is 2. The minimum absolute atomic E-state index is 0.0799. The van der Waals surface area contributed by atoms with Crippen molar-refractivity contribution in [2.75, 3.05) is 16.3 Å². The van der Waals surface area contributed by atoms with Crippen molar-refractivity contribution in [3.05, 3.63) is 64.2 Å². The third-order valence-corrected chi connectivity index (χ3v) is 7.13. The van der Waals surface area contributed by atoms with E-state index in [4.69, 9.17) is 12.2 Å². The lowest BCUT2D eigenvalue weighted by atomic mass is 9.79. The molecule has 33 heavy (non-hydrogen) atoms. The van der Waals surface area contributed by atoms with Gasteiger partial charge >= 0.3 is 0 Å². The number of benzene rings is 2. The monoisotopic (exact) mass is 461 g/mol. The normalized spacial score (nSPS) is 21.3. The van der Waals surface area contributed by atoms with E-state index in [0.717, 1.165) is 29.7 Å². The largest absolute Gasteiger partial charge is 0.366 e. The molecule has 2 amide bonds. The maximum atomic E-state index is 13.5. The molecule has 172 valence electrons. The average Bonchev–Trinajstić information content (AvgIpc) is 2.72. The van der Waals surface area contributed by atoms with Crippen LogP contribution < -0.4 is 15.1 Å². The Morgan fingerprint density at radius 3 is 2.48 bits per heavy atom. The highest BCUT2D eigenvalue weighted by atomic mass is 32.1. The fraction of sp³-hybridized carbons (Fsp3) is 0.370. The number of hydrogen-bond acceptors (Lipinski definition) is 4. The summed E-state index contributed by atoms with van der Waals surface area (Å²) in [6.07, 6.45) is 2.75. The van der Waals surface area contributed by atoms with Crippen LogP contribution in [0.15, 0.2) is 42.0 Å². The molecule has 1 fully saturated rings. The molecule has 0 bridgehead atoms. The van der Waals surface area contributed by atoms with Gasteiger partial charge in [-0.3, -0.25) is 19.8 Å². The fourth-order valence-electron chi connectivity index (χ4n) is 5.25. The van der Waals surface area contributed by atoms with Crippen LogP contribution in [0.4, 0.5) is 11.4 Å². The van der Waals surface area contributed by atoms with Crippen molar-refractivity contribution in [2.45, 2.75) is 59.4 Å². The molecule has 2 aliphatic rings. The first-order valence-electron chi connectivity index (χ1n) is 11.4. The number of nitrogens with one attached hydrogen (secondary N) is 1. The van der Waals surface area contributed by atoms with Crippen LogP contribution in [0.2, 0.25) is 0 Å². The molecule has 2 aliphatic heterocycles. The fourth-order valence-corrected chi connectivity index (χ4v) is 5.52. The zero-order chi connectivity index (χ0) is 24.1. The maximum absolute atomic E-state index is 13.5. The number of anilines is 2. The number of rotatable bonds is 3. The van der Waals surface area contributed by atoms with Crippen molar-refractivity contribution < 1.29 is 9.59 Å². The predicted molar refractivity (Wildman–Crippen MR) is 139 cm³/mol. The van der Waals surface area contributed by atoms with Crippen molar-refractivity contribution in [1.29, 1.82) is 0 Å². The Hall–Kier alpha value is -2.99. The summed E-state index contributed by atoms with van der Waals surface area (Å²) in [5.74, 6) is -0.488. The highest BCUT2D eigenvalue weighted by Gasteiger charge is 2.37. The van der Waals surface area contributed by atoms with E-state index in [1.807, 2.05) is 38.1 Å². The number of amides is 2. The number of nitrogens with zero attached hydrogens (tertiary/aromatic N) is 2. The standard InChI is InChI=1S/C27H31N3O2S/c1-7-29-23-12-17(3)19(13-20(23)18(4)15-27(29,5)6)14-21-24(31)28-26(33)30(25(21)32)22-11-9-8-10-16(22)2/h8-14,18H,7,15H2,1-6H3,(H,28,31,33)/b21-14+/t18-/m0/s1. The number of hydrogen-bond donors (Lipinski definition) is 1. The molecule has 1 saturated heterocycles. The van der Waals surface area contributed by atoms with Gasteiger partial charge in [0.15, 0.2) is 5.11 Å². The number of thiocarbonyl (C=S) groups is 1. The van der Waals surface area contributed by atoms with E-state index in [0.29, 0.717) is 11.6 Å². The van der Waals surface area contributed by atoms with E-state index in [1.54, 1.807) is 6.08 Å². The lowest BCUT2D eigenvalue weighted by Gasteiger charge is -2.47. The van der Waals surface area contributed by atoms with E-state index >= 15 is 0 Å². The molecule has 0 spiro atoms. The van der Waals surface area contributed by atoms with E-state index in [2.05, 4.69) is 50.0 Å². The average molecular weight is 462 g/mol. The van der Waals surface area contributed by atoms with E-state index in [9.17, 15) is 9.59 Å².